The van der Waals surface area contributed by atoms with Gasteiger partial charge in [-0.1, -0.05) is 24.3 Å². The Hall–Kier alpha value is -1.63. The monoisotopic (exact) mass is 344 g/mol. The van der Waals surface area contributed by atoms with E-state index in [1.807, 2.05) is 9.80 Å². The molecule has 3 aliphatic rings. The zero-order chi connectivity index (χ0) is 17.4. The van der Waals surface area contributed by atoms with Crippen LogP contribution >= 0.6 is 0 Å². The molecule has 1 unspecified atom stereocenters. The second kappa shape index (κ2) is 6.94. The highest BCUT2D eigenvalue weighted by Crippen LogP contribution is 2.25. The number of amides is 2. The first-order valence-electron chi connectivity index (χ1n) is 9.40. The molecule has 0 radical (unpaired) electrons. The molecule has 3 heterocycles. The van der Waals surface area contributed by atoms with Crippen LogP contribution in [0.15, 0.2) is 24.3 Å². The number of carbonyl (C=O) groups excluding carboxylic acids is 1. The van der Waals surface area contributed by atoms with Gasteiger partial charge in [-0.2, -0.15) is 0 Å². The van der Waals surface area contributed by atoms with Crippen molar-refractivity contribution in [2.24, 2.45) is 5.73 Å². The van der Waals surface area contributed by atoms with Crippen LogP contribution in [0.1, 0.15) is 24.0 Å². The number of benzene rings is 1. The van der Waals surface area contributed by atoms with E-state index in [4.69, 9.17) is 5.73 Å². The normalized spacial score (nSPS) is 28.2. The maximum atomic E-state index is 12.8. The van der Waals surface area contributed by atoms with Crippen molar-refractivity contribution in [3.8, 4) is 0 Å². The van der Waals surface area contributed by atoms with E-state index in [0.29, 0.717) is 13.1 Å². The Balaban J connectivity index is 1.39. The van der Waals surface area contributed by atoms with Gasteiger partial charge in [0, 0.05) is 45.3 Å². The molecule has 1 aromatic carbocycles. The maximum absolute atomic E-state index is 12.8. The van der Waals surface area contributed by atoms with Gasteiger partial charge in [-0.3, -0.25) is 4.90 Å². The molecular formula is C19H28N4O2. The number of carbonyl (C=O) groups is 1. The second-order valence-corrected chi connectivity index (χ2v) is 7.64. The van der Waals surface area contributed by atoms with Crippen LogP contribution < -0.4 is 5.73 Å². The molecule has 1 aromatic rings. The van der Waals surface area contributed by atoms with E-state index in [1.165, 1.54) is 11.1 Å². The van der Waals surface area contributed by atoms with E-state index in [-0.39, 0.29) is 18.1 Å². The molecule has 136 valence electrons. The molecule has 0 bridgehead atoms. The third-order valence-electron chi connectivity index (χ3n) is 5.97. The van der Waals surface area contributed by atoms with Crippen molar-refractivity contribution in [3.05, 3.63) is 35.4 Å². The van der Waals surface area contributed by atoms with Gasteiger partial charge in [-0.25, -0.2) is 4.79 Å². The summed E-state index contributed by atoms with van der Waals surface area (Å²) < 4.78 is 0. The lowest BCUT2D eigenvalue weighted by molar-refractivity contribution is 0.0745. The number of rotatable bonds is 1. The topological polar surface area (TPSA) is 73.0 Å². The first-order chi connectivity index (χ1) is 12.1. The van der Waals surface area contributed by atoms with Gasteiger partial charge in [0.1, 0.15) is 0 Å². The van der Waals surface area contributed by atoms with Crippen LogP contribution in [0.2, 0.25) is 0 Å². The number of piperidine rings is 1. The lowest BCUT2D eigenvalue weighted by Gasteiger charge is -2.35. The molecule has 3 N–H and O–H groups in total. The zero-order valence-corrected chi connectivity index (χ0v) is 14.7. The molecule has 0 aliphatic carbocycles. The molecule has 4 rings (SSSR count). The summed E-state index contributed by atoms with van der Waals surface area (Å²) >= 11 is 0. The predicted molar refractivity (Wildman–Crippen MR) is 96.1 cm³/mol. The molecule has 25 heavy (non-hydrogen) atoms. The van der Waals surface area contributed by atoms with Gasteiger partial charge in [-0.15, -0.1) is 0 Å². The molecule has 3 aliphatic heterocycles. The molecule has 0 saturated carbocycles. The van der Waals surface area contributed by atoms with Gasteiger partial charge in [0.15, 0.2) is 0 Å². The minimum atomic E-state index is -0.471. The van der Waals surface area contributed by atoms with Crippen molar-refractivity contribution < 1.29 is 9.90 Å². The fourth-order valence-corrected chi connectivity index (χ4v) is 4.38. The van der Waals surface area contributed by atoms with E-state index in [1.54, 1.807) is 0 Å². The second-order valence-electron chi connectivity index (χ2n) is 7.64. The van der Waals surface area contributed by atoms with Gasteiger partial charge >= 0.3 is 6.03 Å². The summed E-state index contributed by atoms with van der Waals surface area (Å²) in [6.45, 7) is 4.31. The van der Waals surface area contributed by atoms with Crippen LogP contribution in [0.4, 0.5) is 4.79 Å². The number of hydrogen-bond acceptors (Lipinski definition) is 4. The van der Waals surface area contributed by atoms with Gasteiger partial charge in [0.2, 0.25) is 0 Å². The highest BCUT2D eigenvalue weighted by atomic mass is 16.3. The standard InChI is InChI=1S/C19H28N4O2/c20-16-6-9-21(10-7-16)19(25)23-12-17(18(24)13-23)22-8-5-14-3-1-2-4-15(14)11-22/h1-4,16-18,24H,5-13,20H2/t17?,18-/m1/s1. The number of aliphatic hydroxyl groups excluding tert-OH is 1. The van der Waals surface area contributed by atoms with Crippen LogP contribution in [0.25, 0.3) is 0 Å². The van der Waals surface area contributed by atoms with Crippen LogP contribution in [-0.2, 0) is 13.0 Å². The molecule has 0 aromatic heterocycles. The third kappa shape index (κ3) is 3.38. The van der Waals surface area contributed by atoms with Crippen molar-refractivity contribution in [2.45, 2.75) is 44.0 Å². The minimum absolute atomic E-state index is 0.0318. The molecule has 2 fully saturated rings. The lowest BCUT2D eigenvalue weighted by atomic mass is 9.98. The first-order valence-corrected chi connectivity index (χ1v) is 9.40. The number of fused-ring (bicyclic) bond motifs is 1. The number of β-amino-alcohol motifs (C(OH)–C–C–N with tert-alkyl or cyclic N) is 1. The van der Waals surface area contributed by atoms with E-state index >= 15 is 0 Å². The lowest BCUT2D eigenvalue weighted by Crippen LogP contribution is -2.49. The Kier molecular flexibility index (Phi) is 4.67. The quantitative estimate of drug-likeness (QED) is 0.784. The number of aliphatic hydroxyl groups is 1. The van der Waals surface area contributed by atoms with Crippen molar-refractivity contribution in [3.63, 3.8) is 0 Å². The minimum Gasteiger partial charge on any atom is -0.390 e. The molecule has 2 amide bonds. The highest BCUT2D eigenvalue weighted by molar-refractivity contribution is 5.75. The first kappa shape index (κ1) is 16.8. The summed E-state index contributed by atoms with van der Waals surface area (Å²) in [5, 5.41) is 10.6. The van der Waals surface area contributed by atoms with E-state index in [0.717, 1.165) is 45.4 Å². The van der Waals surface area contributed by atoms with Crippen molar-refractivity contribution in [1.29, 1.82) is 0 Å². The molecule has 2 atom stereocenters. The Morgan fingerprint density at radius 2 is 1.76 bits per heavy atom. The summed E-state index contributed by atoms with van der Waals surface area (Å²) in [5.41, 5.74) is 8.68. The van der Waals surface area contributed by atoms with Crippen LogP contribution in [0, 0.1) is 0 Å². The number of hydrogen-bond donors (Lipinski definition) is 2. The summed E-state index contributed by atoms with van der Waals surface area (Å²) in [6.07, 6.45) is 2.28. The summed E-state index contributed by atoms with van der Waals surface area (Å²) in [5.74, 6) is 0. The molecule has 0 spiro atoms. The van der Waals surface area contributed by atoms with E-state index in [9.17, 15) is 9.90 Å². The smallest absolute Gasteiger partial charge is 0.320 e. The number of likely N-dealkylation sites (tertiary alicyclic amines) is 2. The van der Waals surface area contributed by atoms with Gasteiger partial charge in [-0.05, 0) is 30.4 Å². The fourth-order valence-electron chi connectivity index (χ4n) is 4.38. The van der Waals surface area contributed by atoms with Crippen molar-refractivity contribution >= 4 is 6.03 Å². The third-order valence-corrected chi connectivity index (χ3v) is 5.97. The molecule has 2 saturated heterocycles. The Morgan fingerprint density at radius 3 is 2.52 bits per heavy atom. The Morgan fingerprint density at radius 1 is 1.04 bits per heavy atom. The number of nitrogens with zero attached hydrogens (tertiary/aromatic N) is 3. The number of nitrogens with two attached hydrogens (primary N) is 1. The maximum Gasteiger partial charge on any atom is 0.320 e. The summed E-state index contributed by atoms with van der Waals surface area (Å²) in [6, 6.07) is 8.83. The Bertz CT molecular complexity index is 630. The predicted octanol–water partition coefficient (Wildman–Crippen LogP) is 0.633. The van der Waals surface area contributed by atoms with Gasteiger partial charge < -0.3 is 20.6 Å². The summed E-state index contributed by atoms with van der Waals surface area (Å²) in [7, 11) is 0. The molecule has 6 nitrogen and oxygen atoms in total. The SMILES string of the molecule is NC1CCN(C(=O)N2CC(N3CCc4ccccc4C3)[C@H](O)C2)CC1. The Labute approximate surface area is 149 Å². The fraction of sp³-hybridized carbons (Fsp3) is 0.632. The average Bonchev–Trinajstić information content (AvgIpc) is 3.03. The zero-order valence-electron chi connectivity index (χ0n) is 14.7. The van der Waals surface area contributed by atoms with Crippen molar-refractivity contribution in [2.75, 3.05) is 32.7 Å². The van der Waals surface area contributed by atoms with Gasteiger partial charge in [0.25, 0.3) is 0 Å². The largest absolute Gasteiger partial charge is 0.390 e. The summed E-state index contributed by atoms with van der Waals surface area (Å²) in [4.78, 5) is 18.8. The van der Waals surface area contributed by atoms with Gasteiger partial charge in [0.05, 0.1) is 12.1 Å². The average molecular weight is 344 g/mol. The van der Waals surface area contributed by atoms with Crippen LogP contribution in [0.5, 0.6) is 0 Å². The van der Waals surface area contributed by atoms with Crippen LogP contribution in [0.3, 0.4) is 0 Å². The van der Waals surface area contributed by atoms with E-state index in [2.05, 4.69) is 29.2 Å². The van der Waals surface area contributed by atoms with E-state index < -0.39 is 6.10 Å². The highest BCUT2D eigenvalue weighted by Gasteiger charge is 2.40. The molecular weight excluding hydrogens is 316 g/mol. The number of urea groups is 1. The van der Waals surface area contributed by atoms with Crippen molar-refractivity contribution in [1.82, 2.24) is 14.7 Å². The van der Waals surface area contributed by atoms with Crippen LogP contribution in [-0.4, -0.2) is 76.7 Å². The molecule has 6 heteroatoms.